The lowest BCUT2D eigenvalue weighted by atomic mass is 10.0. The summed E-state index contributed by atoms with van der Waals surface area (Å²) in [7, 11) is 0. The summed E-state index contributed by atoms with van der Waals surface area (Å²) in [6.45, 7) is -0.459. The molecule has 0 spiro atoms. The van der Waals surface area contributed by atoms with E-state index in [0.29, 0.717) is 0 Å². The highest BCUT2D eigenvalue weighted by atomic mass is 32.1. The molecule has 0 atom stereocenters. The molecule has 1 heterocycles. The minimum Gasteiger partial charge on any atom is -0.395 e. The Morgan fingerprint density at radius 2 is 2.09 bits per heavy atom. The molecule has 22 heavy (non-hydrogen) atoms. The van der Waals surface area contributed by atoms with E-state index in [4.69, 9.17) is 22.6 Å². The molecule has 0 aromatic heterocycles. The van der Waals surface area contributed by atoms with Crippen LogP contribution in [0, 0.1) is 11.3 Å². The molecular weight excluding hydrogens is 319 g/mol. The summed E-state index contributed by atoms with van der Waals surface area (Å²) in [6, 6.07) is 4.86. The van der Waals surface area contributed by atoms with Crippen LogP contribution >= 0.6 is 12.2 Å². The lowest BCUT2D eigenvalue weighted by molar-refractivity contribution is -0.137. The van der Waals surface area contributed by atoms with E-state index in [1.165, 1.54) is 17.0 Å². The van der Waals surface area contributed by atoms with Gasteiger partial charge in [0.05, 0.1) is 29.5 Å². The maximum absolute atomic E-state index is 13.3. The van der Waals surface area contributed by atoms with Gasteiger partial charge in [-0.25, -0.2) is 0 Å². The van der Waals surface area contributed by atoms with Gasteiger partial charge in [0.2, 0.25) is 0 Å². The smallest absolute Gasteiger partial charge is 0.395 e. The van der Waals surface area contributed by atoms with Gasteiger partial charge >= 0.3 is 6.18 Å². The Labute approximate surface area is 129 Å². The second-order valence-corrected chi connectivity index (χ2v) is 4.83. The van der Waals surface area contributed by atoms with Gasteiger partial charge in [-0.15, -0.1) is 0 Å². The minimum atomic E-state index is -4.80. The van der Waals surface area contributed by atoms with Gasteiger partial charge in [0.1, 0.15) is 6.54 Å². The van der Waals surface area contributed by atoms with Crippen LogP contribution in [0.25, 0.3) is 0 Å². The number of benzene rings is 1. The lowest BCUT2D eigenvalue weighted by Crippen LogP contribution is -2.35. The number of carbonyl (C=O) groups excluding carboxylic acids is 1. The van der Waals surface area contributed by atoms with Crippen molar-refractivity contribution in [2.24, 2.45) is 0 Å². The van der Waals surface area contributed by atoms with Crippen LogP contribution in [0.3, 0.4) is 0 Å². The van der Waals surface area contributed by atoms with Crippen molar-refractivity contribution in [3.05, 3.63) is 29.3 Å². The number of hydrogen-bond donors (Lipinski definition) is 1. The number of rotatable bonds is 3. The quantitative estimate of drug-likeness (QED) is 0.852. The fourth-order valence-electron chi connectivity index (χ4n) is 2.20. The van der Waals surface area contributed by atoms with Gasteiger partial charge in [0.15, 0.2) is 5.11 Å². The number of amides is 1. The third-order valence-electron chi connectivity index (χ3n) is 3.09. The van der Waals surface area contributed by atoms with Crippen molar-refractivity contribution >= 4 is 28.9 Å². The summed E-state index contributed by atoms with van der Waals surface area (Å²) in [5.41, 5.74) is -2.25. The summed E-state index contributed by atoms with van der Waals surface area (Å²) in [6.07, 6.45) is -4.80. The molecule has 1 aliphatic rings. The first-order chi connectivity index (χ1) is 10.3. The monoisotopic (exact) mass is 329 g/mol. The standard InChI is InChI=1S/C13H10F3N3O2S/c14-13(15,16)11-8(6-17)2-1-3-9(11)19-10(21)7-18(4-5-20)12(19)22/h1-3,20H,4-5,7H2. The Morgan fingerprint density at radius 1 is 1.41 bits per heavy atom. The molecule has 0 radical (unpaired) electrons. The number of carbonyl (C=O) groups is 1. The number of hydrogen-bond acceptors (Lipinski definition) is 4. The van der Waals surface area contributed by atoms with Gasteiger partial charge in [-0.05, 0) is 24.4 Å². The predicted molar refractivity (Wildman–Crippen MR) is 74.9 cm³/mol. The molecule has 0 unspecified atom stereocenters. The number of halogens is 3. The molecule has 2 rings (SSSR count). The van der Waals surface area contributed by atoms with E-state index in [-0.39, 0.29) is 24.8 Å². The van der Waals surface area contributed by atoms with Crippen LogP contribution in [0.1, 0.15) is 11.1 Å². The number of aliphatic hydroxyl groups excluding tert-OH is 1. The molecule has 1 aromatic rings. The Balaban J connectivity index is 2.57. The summed E-state index contributed by atoms with van der Waals surface area (Å²) in [4.78, 5) is 14.1. The van der Waals surface area contributed by atoms with Crippen LogP contribution < -0.4 is 4.90 Å². The SMILES string of the molecule is N#Cc1cccc(N2C(=O)CN(CCO)C2=S)c1C(F)(F)F. The third-order valence-corrected chi connectivity index (χ3v) is 3.54. The van der Waals surface area contributed by atoms with Crippen LogP contribution in [0.15, 0.2) is 18.2 Å². The van der Waals surface area contributed by atoms with Crippen molar-refractivity contribution < 1.29 is 23.1 Å². The largest absolute Gasteiger partial charge is 0.419 e. The Kier molecular flexibility index (Phi) is 4.35. The van der Waals surface area contributed by atoms with Crippen LogP contribution in [0.5, 0.6) is 0 Å². The number of anilines is 1. The van der Waals surface area contributed by atoms with Crippen LogP contribution in [-0.2, 0) is 11.0 Å². The molecule has 1 fully saturated rings. The lowest BCUT2D eigenvalue weighted by Gasteiger charge is -2.23. The Bertz CT molecular complexity index is 669. The van der Waals surface area contributed by atoms with E-state index in [1.807, 2.05) is 0 Å². The number of thiocarbonyl (C=S) groups is 1. The summed E-state index contributed by atoms with van der Waals surface area (Å²) >= 11 is 5.02. The van der Waals surface area contributed by atoms with Gasteiger partial charge in [0, 0.05) is 6.54 Å². The number of nitrogens with zero attached hydrogens (tertiary/aromatic N) is 3. The normalized spacial score (nSPS) is 15.4. The average Bonchev–Trinajstić information content (AvgIpc) is 2.72. The van der Waals surface area contributed by atoms with Gasteiger partial charge in [-0.3, -0.25) is 9.69 Å². The van der Waals surface area contributed by atoms with Gasteiger partial charge < -0.3 is 10.0 Å². The highest BCUT2D eigenvalue weighted by Gasteiger charge is 2.42. The van der Waals surface area contributed by atoms with Crippen molar-refractivity contribution in [1.29, 1.82) is 5.26 Å². The van der Waals surface area contributed by atoms with Crippen molar-refractivity contribution in [3.8, 4) is 6.07 Å². The molecular formula is C13H10F3N3O2S. The zero-order valence-corrected chi connectivity index (χ0v) is 11.9. The van der Waals surface area contributed by atoms with Crippen molar-refractivity contribution in [2.75, 3.05) is 24.6 Å². The first-order valence-electron chi connectivity index (χ1n) is 6.14. The molecule has 1 aliphatic heterocycles. The van der Waals surface area contributed by atoms with E-state index in [0.717, 1.165) is 17.0 Å². The maximum Gasteiger partial charge on any atom is 0.419 e. The highest BCUT2D eigenvalue weighted by molar-refractivity contribution is 7.80. The molecule has 1 saturated heterocycles. The molecule has 0 bridgehead atoms. The fraction of sp³-hybridized carbons (Fsp3) is 0.308. The first-order valence-corrected chi connectivity index (χ1v) is 6.55. The first kappa shape index (κ1) is 16.2. The maximum atomic E-state index is 13.3. The molecule has 9 heteroatoms. The van der Waals surface area contributed by atoms with Crippen LogP contribution in [0.4, 0.5) is 18.9 Å². The second-order valence-electron chi connectivity index (χ2n) is 4.47. The van der Waals surface area contributed by atoms with E-state index in [2.05, 4.69) is 0 Å². The predicted octanol–water partition coefficient (Wildman–Crippen LogP) is 1.50. The highest BCUT2D eigenvalue weighted by Crippen LogP contribution is 2.40. The second kappa shape index (κ2) is 5.90. The van der Waals surface area contributed by atoms with Gasteiger partial charge in [-0.1, -0.05) is 6.07 Å². The van der Waals surface area contributed by atoms with E-state index >= 15 is 0 Å². The number of nitriles is 1. The summed E-state index contributed by atoms with van der Waals surface area (Å²) in [5.74, 6) is -0.640. The van der Waals surface area contributed by atoms with Crippen LogP contribution in [-0.4, -0.2) is 40.7 Å². The molecule has 1 N–H and O–H groups in total. The van der Waals surface area contributed by atoms with E-state index in [1.54, 1.807) is 0 Å². The molecule has 1 amide bonds. The average molecular weight is 329 g/mol. The van der Waals surface area contributed by atoms with Gasteiger partial charge in [-0.2, -0.15) is 18.4 Å². The fourth-order valence-corrected chi connectivity index (χ4v) is 2.56. The molecule has 0 saturated carbocycles. The minimum absolute atomic E-state index is 0.0420. The summed E-state index contributed by atoms with van der Waals surface area (Å²) < 4.78 is 39.8. The number of aliphatic hydroxyl groups is 1. The zero-order valence-electron chi connectivity index (χ0n) is 11.1. The van der Waals surface area contributed by atoms with E-state index in [9.17, 15) is 18.0 Å². The zero-order chi connectivity index (χ0) is 16.5. The van der Waals surface area contributed by atoms with Crippen molar-refractivity contribution in [3.63, 3.8) is 0 Å². The molecule has 116 valence electrons. The summed E-state index contributed by atoms with van der Waals surface area (Å²) in [5, 5.41) is 17.7. The molecule has 5 nitrogen and oxygen atoms in total. The Hall–Kier alpha value is -2.18. The number of β-amino-alcohol motifs (C(OH)–C–C–N with tert-alkyl or cyclic N) is 1. The van der Waals surface area contributed by atoms with Gasteiger partial charge in [0.25, 0.3) is 5.91 Å². The van der Waals surface area contributed by atoms with Crippen molar-refractivity contribution in [1.82, 2.24) is 4.90 Å². The van der Waals surface area contributed by atoms with E-state index < -0.39 is 28.9 Å². The van der Waals surface area contributed by atoms with Crippen LogP contribution in [0.2, 0.25) is 0 Å². The molecule has 0 aliphatic carbocycles. The van der Waals surface area contributed by atoms with Crippen molar-refractivity contribution in [2.45, 2.75) is 6.18 Å². The third kappa shape index (κ3) is 2.75. The Morgan fingerprint density at radius 3 is 2.64 bits per heavy atom. The topological polar surface area (TPSA) is 67.6 Å². The molecule has 1 aromatic carbocycles. The number of alkyl halides is 3.